The van der Waals surface area contributed by atoms with Crippen molar-refractivity contribution in [2.45, 2.75) is 0 Å². The Bertz CT molecular complexity index is 530. The first-order chi connectivity index (χ1) is 8.28. The van der Waals surface area contributed by atoms with Crippen molar-refractivity contribution in [2.75, 3.05) is 7.11 Å². The van der Waals surface area contributed by atoms with Crippen LogP contribution in [-0.4, -0.2) is 12.2 Å². The Morgan fingerprint density at radius 2 is 1.59 bits per heavy atom. The molecule has 0 spiro atoms. The fourth-order valence-corrected chi connectivity index (χ4v) is 1.57. The number of phenolic OH excluding ortho intramolecular Hbond substituents is 1. The maximum Gasteiger partial charge on any atom is 0.119 e. The minimum atomic E-state index is 0.276. The molecule has 0 radical (unpaired) electrons. The standard InChI is InChI=1S/C15H14O2/c1-17-15-7-3-5-13(11-15)9-8-12-4-2-6-14(16)10-12/h2-11,16H,1H3/b9-8+. The number of rotatable bonds is 3. The lowest BCUT2D eigenvalue weighted by molar-refractivity contribution is 0.414. The third kappa shape index (κ3) is 3.11. The second-order valence-electron chi connectivity index (χ2n) is 3.70. The number of aromatic hydroxyl groups is 1. The molecule has 0 aliphatic heterocycles. The third-order valence-corrected chi connectivity index (χ3v) is 2.43. The molecule has 1 N–H and O–H groups in total. The van der Waals surface area contributed by atoms with Gasteiger partial charge in [0, 0.05) is 0 Å². The highest BCUT2D eigenvalue weighted by molar-refractivity contribution is 5.70. The topological polar surface area (TPSA) is 29.5 Å². The van der Waals surface area contributed by atoms with Crippen molar-refractivity contribution in [3.05, 3.63) is 59.7 Å². The summed E-state index contributed by atoms with van der Waals surface area (Å²) in [6, 6.07) is 14.9. The molecule has 2 nitrogen and oxygen atoms in total. The summed E-state index contributed by atoms with van der Waals surface area (Å²) in [4.78, 5) is 0. The van der Waals surface area contributed by atoms with E-state index in [4.69, 9.17) is 4.74 Å². The van der Waals surface area contributed by atoms with Gasteiger partial charge in [0.15, 0.2) is 0 Å². The van der Waals surface area contributed by atoms with Crippen molar-refractivity contribution < 1.29 is 9.84 Å². The maximum absolute atomic E-state index is 9.34. The van der Waals surface area contributed by atoms with Crippen molar-refractivity contribution in [1.29, 1.82) is 0 Å². The van der Waals surface area contributed by atoms with Crippen LogP contribution in [0.1, 0.15) is 11.1 Å². The summed E-state index contributed by atoms with van der Waals surface area (Å²) in [5.41, 5.74) is 2.03. The molecular weight excluding hydrogens is 212 g/mol. The Kier molecular flexibility index (Phi) is 3.46. The van der Waals surface area contributed by atoms with Crippen LogP contribution in [0.15, 0.2) is 48.5 Å². The smallest absolute Gasteiger partial charge is 0.119 e. The first-order valence-electron chi connectivity index (χ1n) is 5.39. The number of ether oxygens (including phenoxy) is 1. The zero-order valence-corrected chi connectivity index (χ0v) is 9.63. The highest BCUT2D eigenvalue weighted by atomic mass is 16.5. The van der Waals surface area contributed by atoms with Gasteiger partial charge >= 0.3 is 0 Å². The first kappa shape index (κ1) is 11.3. The van der Waals surface area contributed by atoms with Crippen LogP contribution in [0, 0.1) is 0 Å². The van der Waals surface area contributed by atoms with E-state index in [2.05, 4.69) is 0 Å². The van der Waals surface area contributed by atoms with Crippen LogP contribution >= 0.6 is 0 Å². The molecule has 86 valence electrons. The van der Waals surface area contributed by atoms with Gasteiger partial charge < -0.3 is 9.84 Å². The molecule has 0 unspecified atom stereocenters. The van der Waals surface area contributed by atoms with Crippen LogP contribution in [0.3, 0.4) is 0 Å². The van der Waals surface area contributed by atoms with Gasteiger partial charge in [-0.3, -0.25) is 0 Å². The zero-order valence-electron chi connectivity index (χ0n) is 9.63. The van der Waals surface area contributed by atoms with E-state index in [1.54, 1.807) is 19.2 Å². The lowest BCUT2D eigenvalue weighted by Crippen LogP contribution is -1.82. The zero-order chi connectivity index (χ0) is 12.1. The Morgan fingerprint density at radius 3 is 2.24 bits per heavy atom. The third-order valence-electron chi connectivity index (χ3n) is 2.43. The van der Waals surface area contributed by atoms with Crippen molar-refractivity contribution in [3.63, 3.8) is 0 Å². The molecule has 0 aliphatic rings. The summed E-state index contributed by atoms with van der Waals surface area (Å²) in [5, 5.41) is 9.34. The minimum Gasteiger partial charge on any atom is -0.508 e. The van der Waals surface area contributed by atoms with Crippen LogP contribution in [-0.2, 0) is 0 Å². The van der Waals surface area contributed by atoms with Gasteiger partial charge in [0.05, 0.1) is 7.11 Å². The van der Waals surface area contributed by atoms with Crippen LogP contribution in [0.2, 0.25) is 0 Å². The molecule has 0 fully saturated rings. The van der Waals surface area contributed by atoms with Crippen LogP contribution in [0.25, 0.3) is 12.2 Å². The van der Waals surface area contributed by atoms with Crippen molar-refractivity contribution in [3.8, 4) is 11.5 Å². The summed E-state index contributed by atoms with van der Waals surface area (Å²) in [7, 11) is 1.65. The monoisotopic (exact) mass is 226 g/mol. The molecule has 0 saturated heterocycles. The summed E-state index contributed by atoms with van der Waals surface area (Å²) in [5.74, 6) is 1.11. The van der Waals surface area contributed by atoms with Gasteiger partial charge in [0.25, 0.3) is 0 Å². The second kappa shape index (κ2) is 5.21. The number of benzene rings is 2. The van der Waals surface area contributed by atoms with Crippen LogP contribution in [0.5, 0.6) is 11.5 Å². The number of hydrogen-bond acceptors (Lipinski definition) is 2. The van der Waals surface area contributed by atoms with Gasteiger partial charge in [-0.05, 0) is 35.4 Å². The molecule has 2 heteroatoms. The Labute approximate surface area is 101 Å². The van der Waals surface area contributed by atoms with Crippen LogP contribution in [0.4, 0.5) is 0 Å². The normalized spacial score (nSPS) is 10.6. The number of methoxy groups -OCH3 is 1. The van der Waals surface area contributed by atoms with E-state index in [-0.39, 0.29) is 5.75 Å². The highest BCUT2D eigenvalue weighted by Gasteiger charge is 1.92. The molecule has 2 aromatic rings. The van der Waals surface area contributed by atoms with Gasteiger partial charge in [-0.15, -0.1) is 0 Å². The summed E-state index contributed by atoms with van der Waals surface area (Å²) in [6.07, 6.45) is 3.94. The molecule has 0 bridgehead atoms. The lowest BCUT2D eigenvalue weighted by atomic mass is 10.1. The SMILES string of the molecule is COc1cccc(/C=C/c2cccc(O)c2)c1. The molecule has 17 heavy (non-hydrogen) atoms. The van der Waals surface area contributed by atoms with E-state index in [1.165, 1.54) is 0 Å². The van der Waals surface area contributed by atoms with Crippen LogP contribution < -0.4 is 4.74 Å². The molecule has 2 aromatic carbocycles. The fraction of sp³-hybridized carbons (Fsp3) is 0.0667. The molecule has 0 heterocycles. The maximum atomic E-state index is 9.34. The van der Waals surface area contributed by atoms with E-state index >= 15 is 0 Å². The number of phenols is 1. The highest BCUT2D eigenvalue weighted by Crippen LogP contribution is 2.17. The summed E-state index contributed by atoms with van der Waals surface area (Å²) < 4.78 is 5.15. The molecule has 0 aliphatic carbocycles. The molecular formula is C15H14O2. The molecule has 0 amide bonds. The largest absolute Gasteiger partial charge is 0.508 e. The summed E-state index contributed by atoms with van der Waals surface area (Å²) in [6.45, 7) is 0. The average Bonchev–Trinajstić information content (AvgIpc) is 2.37. The molecule has 2 rings (SSSR count). The van der Waals surface area contributed by atoms with Gasteiger partial charge in [-0.2, -0.15) is 0 Å². The van der Waals surface area contributed by atoms with Gasteiger partial charge in [0.2, 0.25) is 0 Å². The van der Waals surface area contributed by atoms with E-state index in [0.29, 0.717) is 0 Å². The van der Waals surface area contributed by atoms with Gasteiger partial charge in [0.1, 0.15) is 11.5 Å². The van der Waals surface area contributed by atoms with Crippen molar-refractivity contribution in [1.82, 2.24) is 0 Å². The molecule has 0 aromatic heterocycles. The lowest BCUT2D eigenvalue weighted by Gasteiger charge is -2.00. The van der Waals surface area contributed by atoms with Crippen molar-refractivity contribution >= 4 is 12.2 Å². The second-order valence-corrected chi connectivity index (χ2v) is 3.70. The van der Waals surface area contributed by atoms with Crippen molar-refractivity contribution in [2.24, 2.45) is 0 Å². The van der Waals surface area contributed by atoms with E-state index < -0.39 is 0 Å². The Hall–Kier alpha value is -2.22. The molecule has 0 atom stereocenters. The quantitative estimate of drug-likeness (QED) is 0.811. The van der Waals surface area contributed by atoms with E-state index in [9.17, 15) is 5.11 Å². The predicted molar refractivity (Wildman–Crippen MR) is 70.0 cm³/mol. The van der Waals surface area contributed by atoms with Gasteiger partial charge in [-0.25, -0.2) is 0 Å². The van der Waals surface area contributed by atoms with E-state index in [0.717, 1.165) is 16.9 Å². The first-order valence-corrected chi connectivity index (χ1v) is 5.39. The molecule has 0 saturated carbocycles. The minimum absolute atomic E-state index is 0.276. The Balaban J connectivity index is 2.19. The fourth-order valence-electron chi connectivity index (χ4n) is 1.57. The predicted octanol–water partition coefficient (Wildman–Crippen LogP) is 3.57. The van der Waals surface area contributed by atoms with Gasteiger partial charge in [-0.1, -0.05) is 36.4 Å². The summed E-state index contributed by atoms with van der Waals surface area (Å²) >= 11 is 0. The Morgan fingerprint density at radius 1 is 0.941 bits per heavy atom. The van der Waals surface area contributed by atoms with E-state index in [1.807, 2.05) is 48.6 Å². The number of hydrogen-bond donors (Lipinski definition) is 1. The average molecular weight is 226 g/mol.